The van der Waals surface area contributed by atoms with Gasteiger partial charge in [0.25, 0.3) is 0 Å². The number of benzene rings is 2. The van der Waals surface area contributed by atoms with Crippen molar-refractivity contribution in [1.82, 2.24) is 4.31 Å². The molecule has 2 unspecified atom stereocenters. The minimum atomic E-state index is -3.68. The number of hydrogen-bond donors (Lipinski definition) is 0. The van der Waals surface area contributed by atoms with E-state index in [1.54, 1.807) is 12.1 Å². The van der Waals surface area contributed by atoms with E-state index in [-0.39, 0.29) is 23.6 Å². The standard InChI is InChI=1S/C20H25NO4S/c1-14-5-8-17(9-6-14)19-13-21(12-16(3)25-19)26(22,23)20-11-15(2)7-10-18(20)24-4/h5-11,16,19H,12-13H2,1-4H3. The number of rotatable bonds is 4. The minimum Gasteiger partial charge on any atom is -0.495 e. The van der Waals surface area contributed by atoms with Crippen LogP contribution in [0.3, 0.4) is 0 Å². The second-order valence-corrected chi connectivity index (χ2v) is 8.73. The molecular weight excluding hydrogens is 350 g/mol. The molecule has 2 aromatic rings. The normalized spacial score (nSPS) is 21.5. The molecule has 2 aromatic carbocycles. The van der Waals surface area contributed by atoms with E-state index in [1.807, 2.05) is 51.1 Å². The number of aryl methyl sites for hydroxylation is 2. The highest BCUT2D eigenvalue weighted by molar-refractivity contribution is 7.89. The van der Waals surface area contributed by atoms with Crippen LogP contribution in [0.1, 0.15) is 29.7 Å². The summed E-state index contributed by atoms with van der Waals surface area (Å²) >= 11 is 0. The fourth-order valence-electron chi connectivity index (χ4n) is 3.20. The molecule has 0 saturated carbocycles. The van der Waals surface area contributed by atoms with Gasteiger partial charge in [0.1, 0.15) is 10.6 Å². The van der Waals surface area contributed by atoms with E-state index in [0.717, 1.165) is 16.7 Å². The lowest BCUT2D eigenvalue weighted by Crippen LogP contribution is -2.45. The molecule has 3 rings (SSSR count). The fourth-order valence-corrected chi connectivity index (χ4v) is 4.96. The molecule has 2 atom stereocenters. The first-order valence-electron chi connectivity index (χ1n) is 8.68. The predicted octanol–water partition coefficient (Wildman–Crippen LogP) is 3.46. The molecule has 0 amide bonds. The van der Waals surface area contributed by atoms with Crippen molar-refractivity contribution in [3.05, 3.63) is 59.2 Å². The zero-order valence-electron chi connectivity index (χ0n) is 15.6. The number of nitrogens with zero attached hydrogens (tertiary/aromatic N) is 1. The van der Waals surface area contributed by atoms with Gasteiger partial charge in [-0.25, -0.2) is 8.42 Å². The summed E-state index contributed by atoms with van der Waals surface area (Å²) in [5, 5.41) is 0. The first kappa shape index (κ1) is 18.9. The van der Waals surface area contributed by atoms with Crippen LogP contribution < -0.4 is 4.74 Å². The van der Waals surface area contributed by atoms with Crippen LogP contribution in [0.4, 0.5) is 0 Å². The smallest absolute Gasteiger partial charge is 0.246 e. The Morgan fingerprint density at radius 3 is 2.35 bits per heavy atom. The van der Waals surface area contributed by atoms with Crippen LogP contribution in [-0.2, 0) is 14.8 Å². The van der Waals surface area contributed by atoms with Crippen molar-refractivity contribution in [3.63, 3.8) is 0 Å². The Kier molecular flexibility index (Phi) is 5.37. The fraction of sp³-hybridized carbons (Fsp3) is 0.400. The molecule has 1 saturated heterocycles. The quantitative estimate of drug-likeness (QED) is 0.821. The molecule has 140 valence electrons. The van der Waals surface area contributed by atoms with Crippen molar-refractivity contribution in [2.24, 2.45) is 0 Å². The zero-order valence-corrected chi connectivity index (χ0v) is 16.4. The third-order valence-corrected chi connectivity index (χ3v) is 6.47. The van der Waals surface area contributed by atoms with Crippen molar-refractivity contribution in [2.75, 3.05) is 20.2 Å². The summed E-state index contributed by atoms with van der Waals surface area (Å²) in [6.45, 7) is 6.40. The monoisotopic (exact) mass is 375 g/mol. The maximum Gasteiger partial charge on any atom is 0.246 e. The highest BCUT2D eigenvalue weighted by atomic mass is 32.2. The third-order valence-electron chi connectivity index (χ3n) is 4.61. The van der Waals surface area contributed by atoms with E-state index in [4.69, 9.17) is 9.47 Å². The van der Waals surface area contributed by atoms with Gasteiger partial charge in [-0.05, 0) is 44.0 Å². The van der Waals surface area contributed by atoms with E-state index in [0.29, 0.717) is 12.3 Å². The van der Waals surface area contributed by atoms with E-state index >= 15 is 0 Å². The molecule has 1 heterocycles. The van der Waals surface area contributed by atoms with Crippen LogP contribution >= 0.6 is 0 Å². The van der Waals surface area contributed by atoms with Crippen molar-refractivity contribution >= 4 is 10.0 Å². The Bertz CT molecular complexity index is 877. The van der Waals surface area contributed by atoms with Gasteiger partial charge < -0.3 is 9.47 Å². The molecule has 5 nitrogen and oxygen atoms in total. The summed E-state index contributed by atoms with van der Waals surface area (Å²) in [6, 6.07) is 13.2. The maximum atomic E-state index is 13.3. The highest BCUT2D eigenvalue weighted by Gasteiger charge is 2.36. The molecule has 26 heavy (non-hydrogen) atoms. The average Bonchev–Trinajstić information content (AvgIpc) is 2.61. The summed E-state index contributed by atoms with van der Waals surface area (Å²) in [7, 11) is -2.19. The van der Waals surface area contributed by atoms with Gasteiger partial charge in [-0.2, -0.15) is 4.31 Å². The lowest BCUT2D eigenvalue weighted by Gasteiger charge is -2.36. The molecule has 0 aromatic heterocycles. The first-order chi connectivity index (χ1) is 12.3. The van der Waals surface area contributed by atoms with E-state index in [9.17, 15) is 8.42 Å². The SMILES string of the molecule is COc1ccc(C)cc1S(=O)(=O)N1CC(C)OC(c2ccc(C)cc2)C1. The third kappa shape index (κ3) is 3.77. The predicted molar refractivity (Wildman–Crippen MR) is 101 cm³/mol. The van der Waals surface area contributed by atoms with Gasteiger partial charge in [-0.3, -0.25) is 0 Å². The van der Waals surface area contributed by atoms with Crippen molar-refractivity contribution in [1.29, 1.82) is 0 Å². The lowest BCUT2D eigenvalue weighted by molar-refractivity contribution is -0.0557. The van der Waals surface area contributed by atoms with Crippen molar-refractivity contribution in [3.8, 4) is 5.75 Å². The van der Waals surface area contributed by atoms with Crippen LogP contribution in [-0.4, -0.2) is 39.0 Å². The molecule has 0 spiro atoms. The minimum absolute atomic E-state index is 0.194. The zero-order chi connectivity index (χ0) is 18.9. The van der Waals surface area contributed by atoms with E-state index in [2.05, 4.69) is 0 Å². The Hall–Kier alpha value is -1.89. The Balaban J connectivity index is 1.94. The van der Waals surface area contributed by atoms with Crippen molar-refractivity contribution < 1.29 is 17.9 Å². The molecule has 0 aliphatic carbocycles. The summed E-state index contributed by atoms with van der Waals surface area (Å²) in [5.74, 6) is 0.363. The maximum absolute atomic E-state index is 13.3. The van der Waals surface area contributed by atoms with Crippen LogP contribution in [0.15, 0.2) is 47.4 Å². The Morgan fingerprint density at radius 2 is 1.69 bits per heavy atom. The Morgan fingerprint density at radius 1 is 1.04 bits per heavy atom. The summed E-state index contributed by atoms with van der Waals surface area (Å²) in [6.07, 6.45) is -0.481. The second-order valence-electron chi connectivity index (χ2n) is 6.82. The van der Waals surface area contributed by atoms with Crippen LogP contribution in [0.5, 0.6) is 5.75 Å². The van der Waals surface area contributed by atoms with E-state index in [1.165, 1.54) is 11.4 Å². The van der Waals surface area contributed by atoms with Gasteiger partial charge in [0.05, 0.1) is 19.3 Å². The number of ether oxygens (including phenoxy) is 2. The number of sulfonamides is 1. The Labute approximate surface area is 155 Å². The van der Waals surface area contributed by atoms with Gasteiger partial charge in [0.2, 0.25) is 10.0 Å². The largest absolute Gasteiger partial charge is 0.495 e. The lowest BCUT2D eigenvalue weighted by atomic mass is 10.1. The molecule has 0 N–H and O–H groups in total. The van der Waals surface area contributed by atoms with E-state index < -0.39 is 10.0 Å². The molecule has 0 bridgehead atoms. The van der Waals surface area contributed by atoms with Gasteiger partial charge >= 0.3 is 0 Å². The van der Waals surface area contributed by atoms with Crippen LogP contribution in [0, 0.1) is 13.8 Å². The summed E-state index contributed by atoms with van der Waals surface area (Å²) in [4.78, 5) is 0.205. The highest BCUT2D eigenvalue weighted by Crippen LogP contribution is 2.33. The van der Waals surface area contributed by atoms with Crippen LogP contribution in [0.2, 0.25) is 0 Å². The molecule has 1 fully saturated rings. The number of hydrogen-bond acceptors (Lipinski definition) is 4. The summed E-state index contributed by atoms with van der Waals surface area (Å²) in [5.41, 5.74) is 3.02. The van der Waals surface area contributed by atoms with Crippen molar-refractivity contribution in [2.45, 2.75) is 37.9 Å². The molecule has 1 aliphatic heterocycles. The molecular formula is C20H25NO4S. The molecule has 1 aliphatic rings. The van der Waals surface area contributed by atoms with Gasteiger partial charge in [0.15, 0.2) is 0 Å². The topological polar surface area (TPSA) is 55.8 Å². The summed E-state index contributed by atoms with van der Waals surface area (Å²) < 4.78 is 39.4. The second kappa shape index (κ2) is 7.39. The molecule has 6 heteroatoms. The molecule has 0 radical (unpaired) electrons. The number of morpholine rings is 1. The van der Waals surface area contributed by atoms with Gasteiger partial charge in [0, 0.05) is 13.1 Å². The first-order valence-corrected chi connectivity index (χ1v) is 10.1. The van der Waals surface area contributed by atoms with Gasteiger partial charge in [-0.15, -0.1) is 0 Å². The van der Waals surface area contributed by atoms with Gasteiger partial charge in [-0.1, -0.05) is 35.9 Å². The van der Waals surface area contributed by atoms with Crippen LogP contribution in [0.25, 0.3) is 0 Å². The number of methoxy groups -OCH3 is 1. The average molecular weight is 375 g/mol.